The Kier molecular flexibility index (Phi) is 6.46. The van der Waals surface area contributed by atoms with Gasteiger partial charge in [0.1, 0.15) is 5.00 Å². The van der Waals surface area contributed by atoms with Gasteiger partial charge in [-0.3, -0.25) is 10.1 Å². The highest BCUT2D eigenvalue weighted by Crippen LogP contribution is 2.40. The van der Waals surface area contributed by atoms with Gasteiger partial charge in [-0.05, 0) is 68.4 Å². The van der Waals surface area contributed by atoms with Crippen LogP contribution in [0, 0.1) is 12.8 Å². The minimum absolute atomic E-state index is 0.172. The first-order chi connectivity index (χ1) is 13.4. The zero-order valence-corrected chi connectivity index (χ0v) is 17.9. The third kappa shape index (κ3) is 4.42. The van der Waals surface area contributed by atoms with Crippen LogP contribution in [0.1, 0.15) is 57.0 Å². The quantitative estimate of drug-likeness (QED) is 0.568. The fraction of sp³-hybridized carbons (Fsp3) is 0.381. The van der Waals surface area contributed by atoms with E-state index in [-0.39, 0.29) is 17.0 Å². The van der Waals surface area contributed by atoms with Crippen LogP contribution in [-0.4, -0.2) is 23.6 Å². The number of rotatable bonds is 4. The number of carbonyl (C=O) groups is 2. The fourth-order valence-corrected chi connectivity index (χ4v) is 5.05. The predicted octanol–water partition coefficient (Wildman–Crippen LogP) is 4.48. The zero-order valence-electron chi connectivity index (χ0n) is 16.3. The highest BCUT2D eigenvalue weighted by Gasteiger charge is 2.29. The molecule has 1 amide bonds. The number of aryl methyl sites for hydroxylation is 1. The third-order valence-corrected chi connectivity index (χ3v) is 6.21. The highest BCUT2D eigenvalue weighted by molar-refractivity contribution is 7.80. The molecule has 0 spiro atoms. The molecule has 0 fully saturated rings. The number of anilines is 1. The summed E-state index contributed by atoms with van der Waals surface area (Å²) in [6, 6.07) is 7.32. The Morgan fingerprint density at radius 2 is 2.07 bits per heavy atom. The van der Waals surface area contributed by atoms with Gasteiger partial charge >= 0.3 is 5.97 Å². The molecule has 2 aromatic rings. The molecule has 1 aliphatic rings. The summed E-state index contributed by atoms with van der Waals surface area (Å²) in [7, 11) is 0. The Morgan fingerprint density at radius 1 is 1.32 bits per heavy atom. The number of hydrogen-bond donors (Lipinski definition) is 2. The van der Waals surface area contributed by atoms with Crippen molar-refractivity contribution in [2.45, 2.75) is 40.0 Å². The van der Waals surface area contributed by atoms with E-state index in [1.807, 2.05) is 25.1 Å². The Morgan fingerprint density at radius 3 is 2.79 bits per heavy atom. The van der Waals surface area contributed by atoms with Crippen LogP contribution < -0.4 is 10.6 Å². The summed E-state index contributed by atoms with van der Waals surface area (Å²) in [6.45, 7) is 6.19. The van der Waals surface area contributed by atoms with Crippen LogP contribution in [0.5, 0.6) is 0 Å². The molecule has 1 heterocycles. The Balaban J connectivity index is 1.81. The number of benzene rings is 1. The van der Waals surface area contributed by atoms with E-state index in [4.69, 9.17) is 17.0 Å². The van der Waals surface area contributed by atoms with Crippen molar-refractivity contribution in [3.05, 3.63) is 51.4 Å². The number of amides is 1. The molecule has 0 unspecified atom stereocenters. The van der Waals surface area contributed by atoms with E-state index in [0.717, 1.165) is 30.4 Å². The minimum atomic E-state index is -0.343. The van der Waals surface area contributed by atoms with Crippen LogP contribution in [0.25, 0.3) is 0 Å². The standard InChI is InChI=1S/C21H24N2O3S2/c1-4-26-20(25)17-15-10-9-12(2)11-16(15)28-19(17)23-21(27)22-18(24)14-8-6-5-7-13(14)3/h5-8,12H,4,9-11H2,1-3H3,(H2,22,23,24,27)/t12-/m0/s1. The average molecular weight is 417 g/mol. The predicted molar refractivity (Wildman–Crippen MR) is 116 cm³/mol. The van der Waals surface area contributed by atoms with Crippen molar-refractivity contribution in [3.63, 3.8) is 0 Å². The second kappa shape index (κ2) is 8.84. The van der Waals surface area contributed by atoms with Gasteiger partial charge in [-0.25, -0.2) is 4.79 Å². The summed E-state index contributed by atoms with van der Waals surface area (Å²) in [5.41, 5.74) is 3.05. The van der Waals surface area contributed by atoms with Gasteiger partial charge in [0.2, 0.25) is 0 Å². The zero-order chi connectivity index (χ0) is 20.3. The van der Waals surface area contributed by atoms with Crippen LogP contribution in [0.2, 0.25) is 0 Å². The number of thiophene rings is 1. The summed E-state index contributed by atoms with van der Waals surface area (Å²) < 4.78 is 5.26. The maximum absolute atomic E-state index is 12.6. The molecule has 2 N–H and O–H groups in total. The molecule has 0 aliphatic heterocycles. The number of esters is 1. The van der Waals surface area contributed by atoms with E-state index in [0.29, 0.717) is 28.7 Å². The second-order valence-electron chi connectivity index (χ2n) is 7.00. The topological polar surface area (TPSA) is 67.4 Å². The second-order valence-corrected chi connectivity index (χ2v) is 8.51. The molecule has 1 aromatic carbocycles. The molecule has 148 valence electrons. The lowest BCUT2D eigenvalue weighted by Gasteiger charge is -2.18. The minimum Gasteiger partial charge on any atom is -0.462 e. The van der Waals surface area contributed by atoms with E-state index < -0.39 is 0 Å². The third-order valence-electron chi connectivity index (χ3n) is 4.84. The molecule has 0 saturated heterocycles. The SMILES string of the molecule is CCOC(=O)c1c(NC(=S)NC(=O)c2ccccc2C)sc2c1CC[C@H](C)C2. The molecule has 0 radical (unpaired) electrons. The van der Waals surface area contributed by atoms with Crippen molar-refractivity contribution >= 4 is 45.5 Å². The van der Waals surface area contributed by atoms with Gasteiger partial charge in [-0.1, -0.05) is 25.1 Å². The molecule has 28 heavy (non-hydrogen) atoms. The maximum Gasteiger partial charge on any atom is 0.341 e. The monoisotopic (exact) mass is 416 g/mol. The maximum atomic E-state index is 12.6. The van der Waals surface area contributed by atoms with Gasteiger partial charge in [0.25, 0.3) is 5.91 Å². The molecule has 7 heteroatoms. The van der Waals surface area contributed by atoms with Crippen molar-refractivity contribution in [1.29, 1.82) is 0 Å². The molecule has 3 rings (SSSR count). The van der Waals surface area contributed by atoms with Gasteiger partial charge in [0.05, 0.1) is 12.2 Å². The molecular formula is C21H24N2O3S2. The smallest absolute Gasteiger partial charge is 0.341 e. The van der Waals surface area contributed by atoms with Crippen molar-refractivity contribution in [2.75, 3.05) is 11.9 Å². The summed E-state index contributed by atoms with van der Waals surface area (Å²) >= 11 is 6.87. The lowest BCUT2D eigenvalue weighted by Crippen LogP contribution is -2.34. The lowest BCUT2D eigenvalue weighted by atomic mass is 9.88. The van der Waals surface area contributed by atoms with Crippen LogP contribution in [0.15, 0.2) is 24.3 Å². The van der Waals surface area contributed by atoms with Crippen molar-refractivity contribution < 1.29 is 14.3 Å². The number of nitrogens with one attached hydrogen (secondary N) is 2. The van der Waals surface area contributed by atoms with E-state index in [1.54, 1.807) is 13.0 Å². The highest BCUT2D eigenvalue weighted by atomic mass is 32.1. The van der Waals surface area contributed by atoms with Crippen molar-refractivity contribution in [2.24, 2.45) is 5.92 Å². The van der Waals surface area contributed by atoms with Gasteiger partial charge in [0.15, 0.2) is 5.11 Å². The number of thiocarbonyl (C=S) groups is 1. The summed E-state index contributed by atoms with van der Waals surface area (Å²) in [4.78, 5) is 26.3. The number of fused-ring (bicyclic) bond motifs is 1. The first-order valence-electron chi connectivity index (χ1n) is 9.40. The Hall–Kier alpha value is -2.25. The molecule has 1 aromatic heterocycles. The van der Waals surface area contributed by atoms with Crippen LogP contribution in [-0.2, 0) is 17.6 Å². The number of carbonyl (C=O) groups excluding carboxylic acids is 2. The molecule has 0 saturated carbocycles. The van der Waals surface area contributed by atoms with Crippen molar-refractivity contribution in [3.8, 4) is 0 Å². The summed E-state index contributed by atoms with van der Waals surface area (Å²) in [5.74, 6) is -0.0323. The molecule has 5 nitrogen and oxygen atoms in total. The molecular weight excluding hydrogens is 392 g/mol. The number of hydrogen-bond acceptors (Lipinski definition) is 5. The summed E-state index contributed by atoms with van der Waals surface area (Å²) in [5, 5.41) is 6.59. The van der Waals surface area contributed by atoms with E-state index in [1.165, 1.54) is 16.2 Å². The van der Waals surface area contributed by atoms with E-state index in [2.05, 4.69) is 17.6 Å². The Bertz CT molecular complexity index is 920. The Labute approximate surface area is 174 Å². The normalized spacial score (nSPS) is 15.5. The van der Waals surface area contributed by atoms with Gasteiger partial charge in [-0.15, -0.1) is 11.3 Å². The van der Waals surface area contributed by atoms with Crippen LogP contribution in [0.3, 0.4) is 0 Å². The van der Waals surface area contributed by atoms with E-state index >= 15 is 0 Å². The largest absolute Gasteiger partial charge is 0.462 e. The van der Waals surface area contributed by atoms with Gasteiger partial charge in [-0.2, -0.15) is 0 Å². The van der Waals surface area contributed by atoms with E-state index in [9.17, 15) is 9.59 Å². The van der Waals surface area contributed by atoms with Crippen LogP contribution >= 0.6 is 23.6 Å². The fourth-order valence-electron chi connectivity index (χ4n) is 3.39. The number of ether oxygens (including phenoxy) is 1. The van der Waals surface area contributed by atoms with Gasteiger partial charge in [0, 0.05) is 10.4 Å². The first kappa shape index (κ1) is 20.5. The average Bonchev–Trinajstić information content (AvgIpc) is 2.98. The first-order valence-corrected chi connectivity index (χ1v) is 10.6. The van der Waals surface area contributed by atoms with Crippen molar-refractivity contribution in [1.82, 2.24) is 5.32 Å². The van der Waals surface area contributed by atoms with Crippen LogP contribution in [0.4, 0.5) is 5.00 Å². The lowest BCUT2D eigenvalue weighted by molar-refractivity contribution is 0.0526. The summed E-state index contributed by atoms with van der Waals surface area (Å²) in [6.07, 6.45) is 2.84. The molecule has 1 aliphatic carbocycles. The van der Waals surface area contributed by atoms with Gasteiger partial charge < -0.3 is 10.1 Å². The molecule has 0 bridgehead atoms. The molecule has 1 atom stereocenters.